The summed E-state index contributed by atoms with van der Waals surface area (Å²) in [5, 5.41) is 20.3. The molecule has 0 bridgehead atoms. The highest BCUT2D eigenvalue weighted by Crippen LogP contribution is 2.47. The number of rotatable bonds is 5. The summed E-state index contributed by atoms with van der Waals surface area (Å²) < 4.78 is 5.79. The number of nitrogens with zero attached hydrogens (tertiary/aromatic N) is 4. The van der Waals surface area contributed by atoms with E-state index in [2.05, 4.69) is 11.8 Å². The molecular formula is C22H22N4O4. The van der Waals surface area contributed by atoms with Gasteiger partial charge in [0.25, 0.3) is 11.6 Å². The molecule has 4 rings (SSSR count). The molecule has 1 amide bonds. The van der Waals surface area contributed by atoms with Crippen LogP contribution in [-0.4, -0.2) is 41.9 Å². The summed E-state index contributed by atoms with van der Waals surface area (Å²) in [6, 6.07) is 12.1. The van der Waals surface area contributed by atoms with Crippen LogP contribution in [0.3, 0.4) is 0 Å². The van der Waals surface area contributed by atoms with Gasteiger partial charge in [-0.2, -0.15) is 5.26 Å². The lowest BCUT2D eigenvalue weighted by atomic mass is 10.2. The summed E-state index contributed by atoms with van der Waals surface area (Å²) in [7, 11) is 0. The first-order valence-corrected chi connectivity index (χ1v) is 9.96. The number of amides is 1. The quantitative estimate of drug-likeness (QED) is 0.325. The summed E-state index contributed by atoms with van der Waals surface area (Å²) >= 11 is 0. The minimum absolute atomic E-state index is 0.0496. The van der Waals surface area contributed by atoms with E-state index in [0.29, 0.717) is 43.8 Å². The summed E-state index contributed by atoms with van der Waals surface area (Å²) in [4.78, 5) is 26.9. The number of carbonyl (C=O) groups excluding carboxylic acids is 1. The molecule has 30 heavy (non-hydrogen) atoms. The van der Waals surface area contributed by atoms with Crippen LogP contribution >= 0.6 is 0 Å². The Morgan fingerprint density at radius 2 is 1.87 bits per heavy atom. The second-order valence-corrected chi connectivity index (χ2v) is 7.78. The first-order chi connectivity index (χ1) is 14.5. The zero-order chi connectivity index (χ0) is 21.3. The summed E-state index contributed by atoms with van der Waals surface area (Å²) in [5.41, 5.74) is 0.985. The lowest BCUT2D eigenvalue weighted by Crippen LogP contribution is -2.49. The van der Waals surface area contributed by atoms with Crippen molar-refractivity contribution in [2.75, 3.05) is 31.1 Å². The molecule has 0 N–H and O–H groups in total. The van der Waals surface area contributed by atoms with Gasteiger partial charge in [0.1, 0.15) is 23.2 Å². The van der Waals surface area contributed by atoms with E-state index in [1.165, 1.54) is 18.2 Å². The van der Waals surface area contributed by atoms with Crippen molar-refractivity contribution in [3.63, 3.8) is 0 Å². The molecule has 2 heterocycles. The number of nitriles is 1. The summed E-state index contributed by atoms with van der Waals surface area (Å²) in [6.45, 7) is 4.29. The van der Waals surface area contributed by atoms with E-state index in [9.17, 15) is 20.2 Å². The zero-order valence-corrected chi connectivity index (χ0v) is 16.7. The van der Waals surface area contributed by atoms with Crippen LogP contribution < -0.4 is 4.90 Å². The molecule has 1 aliphatic heterocycles. The average molecular weight is 406 g/mol. The van der Waals surface area contributed by atoms with E-state index in [-0.39, 0.29) is 17.2 Å². The number of benzene rings is 1. The van der Waals surface area contributed by atoms with Crippen molar-refractivity contribution in [1.29, 1.82) is 5.26 Å². The highest BCUT2D eigenvalue weighted by atomic mass is 16.6. The van der Waals surface area contributed by atoms with E-state index in [1.54, 1.807) is 23.1 Å². The van der Waals surface area contributed by atoms with Crippen LogP contribution in [0.25, 0.3) is 6.08 Å². The number of piperazine rings is 1. The molecule has 154 valence electrons. The predicted octanol–water partition coefficient (Wildman–Crippen LogP) is 3.57. The van der Waals surface area contributed by atoms with Gasteiger partial charge >= 0.3 is 0 Å². The van der Waals surface area contributed by atoms with Gasteiger partial charge in [0.05, 0.1) is 4.92 Å². The molecule has 0 spiro atoms. The van der Waals surface area contributed by atoms with Crippen molar-refractivity contribution in [2.45, 2.75) is 19.3 Å². The van der Waals surface area contributed by atoms with E-state index in [4.69, 9.17) is 4.42 Å². The van der Waals surface area contributed by atoms with Gasteiger partial charge in [0, 0.05) is 56.0 Å². The van der Waals surface area contributed by atoms with Gasteiger partial charge in [-0.15, -0.1) is 0 Å². The molecular weight excluding hydrogens is 384 g/mol. The Morgan fingerprint density at radius 1 is 1.20 bits per heavy atom. The Kier molecular flexibility index (Phi) is 5.27. The van der Waals surface area contributed by atoms with E-state index in [1.807, 2.05) is 12.1 Å². The fourth-order valence-electron chi connectivity index (χ4n) is 3.77. The third-order valence-corrected chi connectivity index (χ3v) is 5.75. The SMILES string of the molecule is C[C@H]1C[C@@H]1c1ccc(/C=C(\C#N)C(=O)N2CCN(c3ccc([N+](=O)[O-])cc3)CC2)o1. The van der Waals surface area contributed by atoms with Crippen molar-refractivity contribution in [1.82, 2.24) is 4.90 Å². The highest BCUT2D eigenvalue weighted by Gasteiger charge is 2.36. The maximum atomic E-state index is 12.8. The highest BCUT2D eigenvalue weighted by molar-refractivity contribution is 6.01. The van der Waals surface area contributed by atoms with Crippen molar-refractivity contribution >= 4 is 23.4 Å². The summed E-state index contributed by atoms with van der Waals surface area (Å²) in [6.07, 6.45) is 2.63. The number of anilines is 1. The Bertz CT molecular complexity index is 1030. The Labute approximate surface area is 174 Å². The van der Waals surface area contributed by atoms with Crippen LogP contribution in [-0.2, 0) is 4.79 Å². The van der Waals surface area contributed by atoms with E-state index in [0.717, 1.165) is 17.9 Å². The minimum Gasteiger partial charge on any atom is -0.461 e. The van der Waals surface area contributed by atoms with Gasteiger partial charge in [0.2, 0.25) is 0 Å². The Morgan fingerprint density at radius 3 is 2.43 bits per heavy atom. The molecule has 1 saturated carbocycles. The molecule has 2 aliphatic rings. The number of furan rings is 1. The molecule has 8 nitrogen and oxygen atoms in total. The molecule has 1 aliphatic carbocycles. The van der Waals surface area contributed by atoms with Crippen molar-refractivity contribution in [2.24, 2.45) is 5.92 Å². The standard InChI is InChI=1S/C22H22N4O4/c1-15-12-20(15)21-7-6-19(30-21)13-16(14-23)22(27)25-10-8-24(9-11-25)17-2-4-18(5-3-17)26(28)29/h2-7,13,15,20H,8-12H2,1H3/b16-13+/t15-,20-/m0/s1. The second kappa shape index (κ2) is 8.03. The fourth-order valence-corrected chi connectivity index (χ4v) is 3.77. The largest absolute Gasteiger partial charge is 0.461 e. The molecule has 2 atom stereocenters. The molecule has 8 heteroatoms. The van der Waals surface area contributed by atoms with Gasteiger partial charge < -0.3 is 14.2 Å². The number of hydrogen-bond donors (Lipinski definition) is 0. The zero-order valence-electron chi connectivity index (χ0n) is 16.7. The van der Waals surface area contributed by atoms with Crippen LogP contribution in [0.2, 0.25) is 0 Å². The van der Waals surface area contributed by atoms with E-state index < -0.39 is 4.92 Å². The lowest BCUT2D eigenvalue weighted by Gasteiger charge is -2.36. The smallest absolute Gasteiger partial charge is 0.269 e. The topological polar surface area (TPSA) is 104 Å². The molecule has 2 fully saturated rings. The normalized spacial score (nSPS) is 21.3. The van der Waals surface area contributed by atoms with Crippen molar-refractivity contribution in [3.8, 4) is 6.07 Å². The molecule has 0 unspecified atom stereocenters. The van der Waals surface area contributed by atoms with Crippen molar-refractivity contribution < 1.29 is 14.1 Å². The fraction of sp³-hybridized carbons (Fsp3) is 0.364. The third-order valence-electron chi connectivity index (χ3n) is 5.75. The molecule has 1 aromatic heterocycles. The van der Waals surface area contributed by atoms with Gasteiger partial charge in [-0.3, -0.25) is 14.9 Å². The van der Waals surface area contributed by atoms with Crippen molar-refractivity contribution in [3.05, 3.63) is 63.6 Å². The molecule has 2 aromatic rings. The van der Waals surface area contributed by atoms with Gasteiger partial charge in [0.15, 0.2) is 0 Å². The van der Waals surface area contributed by atoms with Crippen LogP contribution in [0, 0.1) is 27.4 Å². The lowest BCUT2D eigenvalue weighted by molar-refractivity contribution is -0.384. The average Bonchev–Trinajstić information content (AvgIpc) is 3.31. The number of nitro groups is 1. The Hall–Kier alpha value is -3.60. The van der Waals surface area contributed by atoms with Crippen LogP contribution in [0.5, 0.6) is 0 Å². The first kappa shape index (κ1) is 19.7. The van der Waals surface area contributed by atoms with Crippen LogP contribution in [0.1, 0.15) is 30.8 Å². The monoisotopic (exact) mass is 406 g/mol. The number of non-ortho nitro benzene ring substituents is 1. The number of hydrogen-bond acceptors (Lipinski definition) is 6. The predicted molar refractivity (Wildman–Crippen MR) is 111 cm³/mol. The van der Waals surface area contributed by atoms with Gasteiger partial charge in [-0.25, -0.2) is 0 Å². The van der Waals surface area contributed by atoms with Crippen LogP contribution in [0.15, 0.2) is 46.4 Å². The second-order valence-electron chi connectivity index (χ2n) is 7.78. The summed E-state index contributed by atoms with van der Waals surface area (Å²) in [5.74, 6) is 2.20. The maximum Gasteiger partial charge on any atom is 0.269 e. The number of nitro benzene ring substituents is 1. The maximum absolute atomic E-state index is 12.8. The third kappa shape index (κ3) is 4.06. The molecule has 1 saturated heterocycles. The van der Waals surface area contributed by atoms with E-state index >= 15 is 0 Å². The van der Waals surface area contributed by atoms with Gasteiger partial charge in [-0.05, 0) is 36.6 Å². The Balaban J connectivity index is 1.38. The minimum atomic E-state index is -0.427. The van der Waals surface area contributed by atoms with Crippen LogP contribution in [0.4, 0.5) is 11.4 Å². The van der Waals surface area contributed by atoms with Gasteiger partial charge in [-0.1, -0.05) is 6.92 Å². The number of carbonyl (C=O) groups is 1. The first-order valence-electron chi connectivity index (χ1n) is 9.96. The molecule has 0 radical (unpaired) electrons. The molecule has 1 aromatic carbocycles.